The van der Waals surface area contributed by atoms with Gasteiger partial charge < -0.3 is 20.1 Å². The quantitative estimate of drug-likeness (QED) is 0.567. The third-order valence-corrected chi connectivity index (χ3v) is 6.34. The second-order valence-electron chi connectivity index (χ2n) is 8.81. The van der Waals surface area contributed by atoms with Crippen LogP contribution in [-0.4, -0.2) is 53.2 Å². The van der Waals surface area contributed by atoms with E-state index >= 15 is 0 Å². The third kappa shape index (κ3) is 5.35. The van der Waals surface area contributed by atoms with Crippen molar-refractivity contribution in [3.63, 3.8) is 0 Å². The number of hydrogen-bond donors (Lipinski definition) is 2. The number of hydrogen-bond acceptors (Lipinski definition) is 4. The lowest BCUT2D eigenvalue weighted by atomic mass is 9.98. The number of ether oxygens (including phenoxy) is 1. The van der Waals surface area contributed by atoms with Crippen LogP contribution in [0.3, 0.4) is 0 Å². The zero-order chi connectivity index (χ0) is 23.4. The van der Waals surface area contributed by atoms with Gasteiger partial charge in [0.1, 0.15) is 13.2 Å². The SMILES string of the molecule is CCCC(CC(=O)N(CC(=O)O)C1CC1)NC(=O)OCC1c2ccccc2-c2ccccc21. The van der Waals surface area contributed by atoms with Crippen molar-refractivity contribution < 1.29 is 24.2 Å². The van der Waals surface area contributed by atoms with Crippen LogP contribution in [0.25, 0.3) is 11.1 Å². The molecule has 2 N–H and O–H groups in total. The lowest BCUT2D eigenvalue weighted by Gasteiger charge is -2.24. The topological polar surface area (TPSA) is 95.9 Å². The highest BCUT2D eigenvalue weighted by Gasteiger charge is 2.35. The van der Waals surface area contributed by atoms with Crippen molar-refractivity contribution in [2.24, 2.45) is 0 Å². The number of amides is 2. The normalized spacial score (nSPS) is 15.3. The van der Waals surface area contributed by atoms with E-state index in [1.54, 1.807) is 0 Å². The highest BCUT2D eigenvalue weighted by molar-refractivity contribution is 5.83. The van der Waals surface area contributed by atoms with E-state index in [0.717, 1.165) is 41.5 Å². The Morgan fingerprint density at radius 2 is 1.67 bits per heavy atom. The maximum Gasteiger partial charge on any atom is 0.407 e. The van der Waals surface area contributed by atoms with Crippen LogP contribution in [0.5, 0.6) is 0 Å². The molecule has 0 bridgehead atoms. The molecular weight excluding hydrogens is 420 g/mol. The molecule has 0 aliphatic heterocycles. The van der Waals surface area contributed by atoms with Crippen LogP contribution in [0.1, 0.15) is 56.1 Å². The summed E-state index contributed by atoms with van der Waals surface area (Å²) in [7, 11) is 0. The monoisotopic (exact) mass is 450 g/mol. The summed E-state index contributed by atoms with van der Waals surface area (Å²) in [6.07, 6.45) is 2.57. The van der Waals surface area contributed by atoms with E-state index < -0.39 is 18.1 Å². The van der Waals surface area contributed by atoms with E-state index in [9.17, 15) is 14.4 Å². The molecule has 2 aromatic rings. The average molecular weight is 451 g/mol. The van der Waals surface area contributed by atoms with Crippen LogP contribution >= 0.6 is 0 Å². The number of carbonyl (C=O) groups is 3. The lowest BCUT2D eigenvalue weighted by molar-refractivity contribution is -0.145. The van der Waals surface area contributed by atoms with Crippen LogP contribution < -0.4 is 5.32 Å². The Labute approximate surface area is 193 Å². The summed E-state index contributed by atoms with van der Waals surface area (Å²) in [5, 5.41) is 12.0. The van der Waals surface area contributed by atoms with Crippen LogP contribution in [0, 0.1) is 0 Å². The van der Waals surface area contributed by atoms with Gasteiger partial charge in [-0.25, -0.2) is 4.79 Å². The molecule has 1 fully saturated rings. The van der Waals surface area contributed by atoms with Gasteiger partial charge in [-0.3, -0.25) is 9.59 Å². The molecule has 0 radical (unpaired) electrons. The van der Waals surface area contributed by atoms with Gasteiger partial charge in [0.05, 0.1) is 0 Å². The molecule has 174 valence electrons. The molecule has 33 heavy (non-hydrogen) atoms. The molecule has 7 heteroatoms. The number of carbonyl (C=O) groups excluding carboxylic acids is 2. The Balaban J connectivity index is 1.37. The minimum Gasteiger partial charge on any atom is -0.480 e. The Morgan fingerprint density at radius 3 is 2.21 bits per heavy atom. The maximum absolute atomic E-state index is 12.7. The molecule has 2 aliphatic rings. The van der Waals surface area contributed by atoms with E-state index in [0.29, 0.717) is 6.42 Å². The van der Waals surface area contributed by atoms with Crippen molar-refractivity contribution in [2.75, 3.05) is 13.2 Å². The summed E-state index contributed by atoms with van der Waals surface area (Å²) >= 11 is 0. The van der Waals surface area contributed by atoms with Gasteiger partial charge in [0, 0.05) is 24.4 Å². The first kappa shape index (κ1) is 22.8. The maximum atomic E-state index is 12.7. The molecular formula is C26H30N2O5. The fourth-order valence-electron chi connectivity index (χ4n) is 4.66. The van der Waals surface area contributed by atoms with E-state index in [1.165, 1.54) is 4.90 Å². The molecule has 0 heterocycles. The number of nitrogens with zero attached hydrogens (tertiary/aromatic N) is 1. The lowest BCUT2D eigenvalue weighted by Crippen LogP contribution is -2.43. The summed E-state index contributed by atoms with van der Waals surface area (Å²) in [5.74, 6) is -1.29. The summed E-state index contributed by atoms with van der Waals surface area (Å²) in [5.41, 5.74) is 4.60. The highest BCUT2D eigenvalue weighted by Crippen LogP contribution is 2.44. The molecule has 1 unspecified atom stereocenters. The van der Waals surface area contributed by atoms with E-state index in [2.05, 4.69) is 29.6 Å². The van der Waals surface area contributed by atoms with Crippen LogP contribution in [0.15, 0.2) is 48.5 Å². The third-order valence-electron chi connectivity index (χ3n) is 6.34. The second kappa shape index (κ2) is 10.1. The Morgan fingerprint density at radius 1 is 1.06 bits per heavy atom. The fourth-order valence-corrected chi connectivity index (χ4v) is 4.66. The molecule has 4 rings (SSSR count). The minimum absolute atomic E-state index is 0.00494. The average Bonchev–Trinajstić information content (AvgIpc) is 3.58. The fraction of sp³-hybridized carbons (Fsp3) is 0.423. The number of benzene rings is 2. The van der Waals surface area contributed by atoms with E-state index in [4.69, 9.17) is 9.84 Å². The smallest absolute Gasteiger partial charge is 0.407 e. The van der Waals surface area contributed by atoms with Gasteiger partial charge in [-0.05, 0) is 41.5 Å². The molecule has 7 nitrogen and oxygen atoms in total. The van der Waals surface area contributed by atoms with Crippen molar-refractivity contribution >= 4 is 18.0 Å². The number of carboxylic acid groups (broad SMARTS) is 1. The molecule has 0 aromatic heterocycles. The van der Waals surface area contributed by atoms with Crippen molar-refractivity contribution in [3.05, 3.63) is 59.7 Å². The van der Waals surface area contributed by atoms with Gasteiger partial charge >= 0.3 is 12.1 Å². The number of fused-ring (bicyclic) bond motifs is 3. The van der Waals surface area contributed by atoms with Gasteiger partial charge in [-0.15, -0.1) is 0 Å². The second-order valence-corrected chi connectivity index (χ2v) is 8.81. The van der Waals surface area contributed by atoms with Gasteiger partial charge in [0.25, 0.3) is 0 Å². The zero-order valence-electron chi connectivity index (χ0n) is 18.8. The highest BCUT2D eigenvalue weighted by atomic mass is 16.5. The predicted octanol–water partition coefficient (Wildman–Crippen LogP) is 4.16. The first-order valence-corrected chi connectivity index (χ1v) is 11.6. The summed E-state index contributed by atoms with van der Waals surface area (Å²) in [6, 6.07) is 15.9. The van der Waals surface area contributed by atoms with Crippen molar-refractivity contribution in [2.45, 2.75) is 57.0 Å². The van der Waals surface area contributed by atoms with Crippen molar-refractivity contribution in [1.29, 1.82) is 0 Å². The molecule has 1 saturated carbocycles. The van der Waals surface area contributed by atoms with E-state index in [1.807, 2.05) is 31.2 Å². The predicted molar refractivity (Wildman–Crippen MR) is 124 cm³/mol. The summed E-state index contributed by atoms with van der Waals surface area (Å²) < 4.78 is 5.61. The Bertz CT molecular complexity index is 987. The number of aliphatic carboxylic acids is 1. The zero-order valence-corrected chi connectivity index (χ0v) is 18.8. The van der Waals surface area contributed by atoms with Crippen molar-refractivity contribution in [1.82, 2.24) is 10.2 Å². The van der Waals surface area contributed by atoms with Gasteiger partial charge in [-0.2, -0.15) is 0 Å². The van der Waals surface area contributed by atoms with Gasteiger partial charge in [0.2, 0.25) is 5.91 Å². The first-order valence-electron chi connectivity index (χ1n) is 11.6. The molecule has 2 aliphatic carbocycles. The number of carboxylic acids is 1. The molecule has 0 spiro atoms. The van der Waals surface area contributed by atoms with Crippen LogP contribution in [0.4, 0.5) is 4.79 Å². The number of nitrogens with one attached hydrogen (secondary N) is 1. The van der Waals surface area contributed by atoms with Crippen LogP contribution in [0.2, 0.25) is 0 Å². The standard InChI is InChI=1S/C26H30N2O5/c1-2-7-17(14-24(29)28(15-25(30)31)18-12-13-18)27-26(32)33-16-23-21-10-5-3-8-19(21)20-9-4-6-11-22(20)23/h3-6,8-11,17-18,23H,2,7,12-16H2,1H3,(H,27,32)(H,30,31). The number of rotatable bonds is 10. The molecule has 0 saturated heterocycles. The van der Waals surface area contributed by atoms with E-state index in [-0.39, 0.29) is 37.4 Å². The number of alkyl carbamates (subject to hydrolysis) is 1. The van der Waals surface area contributed by atoms with Gasteiger partial charge in [0.15, 0.2) is 0 Å². The minimum atomic E-state index is -1.02. The summed E-state index contributed by atoms with van der Waals surface area (Å²) in [6.45, 7) is 1.89. The summed E-state index contributed by atoms with van der Waals surface area (Å²) in [4.78, 5) is 37.9. The molecule has 2 amide bonds. The molecule has 1 atom stereocenters. The van der Waals surface area contributed by atoms with Crippen molar-refractivity contribution in [3.8, 4) is 11.1 Å². The first-order chi connectivity index (χ1) is 16.0. The molecule has 2 aromatic carbocycles. The Kier molecular flexibility index (Phi) is 6.96. The van der Waals surface area contributed by atoms with Gasteiger partial charge in [-0.1, -0.05) is 61.9 Å². The van der Waals surface area contributed by atoms with Crippen LogP contribution in [-0.2, 0) is 14.3 Å². The Hall–Kier alpha value is -3.35. The largest absolute Gasteiger partial charge is 0.480 e.